The van der Waals surface area contributed by atoms with Gasteiger partial charge in [-0.2, -0.15) is 0 Å². The van der Waals surface area contributed by atoms with Crippen LogP contribution in [-0.4, -0.2) is 25.4 Å². The zero-order chi connectivity index (χ0) is 15.0. The molecule has 21 heavy (non-hydrogen) atoms. The van der Waals surface area contributed by atoms with E-state index in [4.69, 9.17) is 5.11 Å². The van der Waals surface area contributed by atoms with E-state index < -0.39 is 5.97 Å². The number of aromatic carboxylic acids is 1. The molecule has 0 saturated carbocycles. The van der Waals surface area contributed by atoms with Crippen molar-refractivity contribution >= 4 is 11.6 Å². The number of imidazole rings is 1. The Labute approximate surface area is 119 Å². The lowest BCUT2D eigenvalue weighted by Crippen LogP contribution is -2.03. The van der Waals surface area contributed by atoms with E-state index in [9.17, 15) is 9.18 Å². The Morgan fingerprint density at radius 1 is 1.38 bits per heavy atom. The van der Waals surface area contributed by atoms with Crippen molar-refractivity contribution in [1.29, 1.82) is 0 Å². The molecule has 0 atom stereocenters. The van der Waals surface area contributed by atoms with Crippen molar-refractivity contribution in [2.24, 2.45) is 0 Å². The van der Waals surface area contributed by atoms with Crippen LogP contribution in [0.4, 0.5) is 4.39 Å². The van der Waals surface area contributed by atoms with Gasteiger partial charge in [-0.15, -0.1) is 0 Å². The van der Waals surface area contributed by atoms with Gasteiger partial charge in [0, 0.05) is 11.3 Å². The minimum atomic E-state index is -1.14. The van der Waals surface area contributed by atoms with Gasteiger partial charge in [0.15, 0.2) is 11.3 Å². The van der Waals surface area contributed by atoms with Gasteiger partial charge in [0.25, 0.3) is 0 Å². The van der Waals surface area contributed by atoms with E-state index in [0.717, 1.165) is 5.69 Å². The number of benzene rings is 1. The Morgan fingerprint density at radius 2 is 2.19 bits per heavy atom. The maximum Gasteiger partial charge on any atom is 0.358 e. The van der Waals surface area contributed by atoms with Crippen LogP contribution in [0.2, 0.25) is 0 Å². The van der Waals surface area contributed by atoms with Gasteiger partial charge in [0.1, 0.15) is 12.1 Å². The first kappa shape index (κ1) is 13.2. The van der Waals surface area contributed by atoms with Crippen LogP contribution in [0.25, 0.3) is 16.9 Å². The molecule has 1 aromatic carbocycles. The van der Waals surface area contributed by atoms with Crippen molar-refractivity contribution in [1.82, 2.24) is 14.4 Å². The summed E-state index contributed by atoms with van der Waals surface area (Å²) in [6.07, 6.45) is 2.12. The topological polar surface area (TPSA) is 67.5 Å². The number of carbonyl (C=O) groups is 1. The lowest BCUT2D eigenvalue weighted by Gasteiger charge is -2.07. The Morgan fingerprint density at radius 3 is 2.86 bits per heavy atom. The van der Waals surface area contributed by atoms with E-state index in [1.807, 2.05) is 13.0 Å². The summed E-state index contributed by atoms with van der Waals surface area (Å²) in [5.74, 6) is -1.50. The van der Waals surface area contributed by atoms with E-state index in [2.05, 4.69) is 9.97 Å². The highest BCUT2D eigenvalue weighted by Crippen LogP contribution is 2.22. The molecule has 2 aromatic heterocycles. The first-order valence-electron chi connectivity index (χ1n) is 6.46. The van der Waals surface area contributed by atoms with Gasteiger partial charge in [-0.25, -0.2) is 19.2 Å². The summed E-state index contributed by atoms with van der Waals surface area (Å²) in [6, 6.07) is 7.86. The fourth-order valence-corrected chi connectivity index (χ4v) is 2.25. The highest BCUT2D eigenvalue weighted by Gasteiger charge is 2.16. The first-order valence-corrected chi connectivity index (χ1v) is 6.46. The molecule has 1 N–H and O–H groups in total. The molecular weight excluding hydrogens is 273 g/mol. The average molecular weight is 285 g/mol. The molecule has 0 radical (unpaired) electrons. The van der Waals surface area contributed by atoms with Gasteiger partial charge in [-0.1, -0.05) is 19.1 Å². The molecule has 0 unspecified atom stereocenters. The minimum Gasteiger partial charge on any atom is -0.476 e. The van der Waals surface area contributed by atoms with Crippen molar-refractivity contribution in [2.45, 2.75) is 13.3 Å². The van der Waals surface area contributed by atoms with E-state index in [-0.39, 0.29) is 17.2 Å². The number of hydrogen-bond donors (Lipinski definition) is 1. The van der Waals surface area contributed by atoms with Crippen LogP contribution < -0.4 is 0 Å². The number of halogens is 1. The molecule has 2 heterocycles. The molecule has 106 valence electrons. The smallest absolute Gasteiger partial charge is 0.358 e. The SMILES string of the molecule is CCc1cc(-c2cccc(F)c2)nc2c(C(=O)O)ncn12. The summed E-state index contributed by atoms with van der Waals surface area (Å²) < 4.78 is 15.0. The Balaban J connectivity index is 2.29. The van der Waals surface area contributed by atoms with Gasteiger partial charge in [-0.3, -0.25) is 4.40 Å². The van der Waals surface area contributed by atoms with E-state index in [1.165, 1.54) is 18.5 Å². The second-order valence-electron chi connectivity index (χ2n) is 4.59. The van der Waals surface area contributed by atoms with E-state index >= 15 is 0 Å². The normalized spacial score (nSPS) is 11.0. The van der Waals surface area contributed by atoms with Crippen LogP contribution in [-0.2, 0) is 6.42 Å². The molecule has 0 aliphatic rings. The molecule has 0 spiro atoms. The predicted molar refractivity (Wildman–Crippen MR) is 74.7 cm³/mol. The first-order chi connectivity index (χ1) is 10.1. The largest absolute Gasteiger partial charge is 0.476 e. The van der Waals surface area contributed by atoms with Crippen LogP contribution in [0.15, 0.2) is 36.7 Å². The second-order valence-corrected chi connectivity index (χ2v) is 4.59. The average Bonchev–Trinajstić information content (AvgIpc) is 2.90. The van der Waals surface area contributed by atoms with Gasteiger partial charge >= 0.3 is 5.97 Å². The summed E-state index contributed by atoms with van der Waals surface area (Å²) in [4.78, 5) is 19.4. The summed E-state index contributed by atoms with van der Waals surface area (Å²) in [6.45, 7) is 1.95. The third-order valence-corrected chi connectivity index (χ3v) is 3.27. The van der Waals surface area contributed by atoms with Crippen molar-refractivity contribution in [3.05, 3.63) is 53.9 Å². The van der Waals surface area contributed by atoms with Crippen LogP contribution >= 0.6 is 0 Å². The third-order valence-electron chi connectivity index (χ3n) is 3.27. The van der Waals surface area contributed by atoms with E-state index in [0.29, 0.717) is 17.7 Å². The molecule has 6 heteroatoms. The third kappa shape index (κ3) is 2.24. The van der Waals surface area contributed by atoms with E-state index in [1.54, 1.807) is 16.5 Å². The highest BCUT2D eigenvalue weighted by atomic mass is 19.1. The lowest BCUT2D eigenvalue weighted by atomic mass is 10.1. The highest BCUT2D eigenvalue weighted by molar-refractivity contribution is 5.92. The fourth-order valence-electron chi connectivity index (χ4n) is 2.25. The quantitative estimate of drug-likeness (QED) is 0.803. The zero-order valence-electron chi connectivity index (χ0n) is 11.2. The lowest BCUT2D eigenvalue weighted by molar-refractivity contribution is 0.0693. The van der Waals surface area contributed by atoms with Crippen LogP contribution in [0.3, 0.4) is 0 Å². The number of rotatable bonds is 3. The number of nitrogens with zero attached hydrogens (tertiary/aromatic N) is 3. The predicted octanol–water partition coefficient (Wildman–Crippen LogP) is 2.80. The zero-order valence-corrected chi connectivity index (χ0v) is 11.2. The Bertz CT molecular complexity index is 842. The standard InChI is InChI=1S/C15H12FN3O2/c1-2-11-7-12(9-4-3-5-10(16)6-9)18-14-13(15(20)21)17-8-19(11)14/h3-8H,2H2,1H3,(H,20,21). The van der Waals surface area contributed by atoms with Gasteiger partial charge in [0.2, 0.25) is 0 Å². The van der Waals surface area contributed by atoms with Gasteiger partial charge in [0.05, 0.1) is 5.69 Å². The molecule has 5 nitrogen and oxygen atoms in total. The second kappa shape index (κ2) is 4.97. The molecule has 0 aliphatic carbocycles. The Kier molecular flexibility index (Phi) is 3.13. The minimum absolute atomic E-state index is 0.108. The van der Waals surface area contributed by atoms with Crippen molar-refractivity contribution in [2.75, 3.05) is 0 Å². The van der Waals surface area contributed by atoms with Gasteiger partial charge < -0.3 is 5.11 Å². The van der Waals surface area contributed by atoms with Crippen LogP contribution in [0.1, 0.15) is 23.1 Å². The molecule has 0 bridgehead atoms. The molecule has 3 aromatic rings. The molecule has 3 rings (SSSR count). The molecule has 0 fully saturated rings. The summed E-state index contributed by atoms with van der Waals surface area (Å²) in [5, 5.41) is 9.17. The molecule has 0 saturated heterocycles. The Hall–Kier alpha value is -2.76. The maximum atomic E-state index is 13.4. The molecule has 0 aliphatic heterocycles. The van der Waals surface area contributed by atoms with Crippen LogP contribution in [0, 0.1) is 5.82 Å². The van der Waals surface area contributed by atoms with Crippen LogP contribution in [0.5, 0.6) is 0 Å². The van der Waals surface area contributed by atoms with Gasteiger partial charge in [-0.05, 0) is 24.6 Å². The summed E-state index contributed by atoms with van der Waals surface area (Å²) in [7, 11) is 0. The number of fused-ring (bicyclic) bond motifs is 1. The molecular formula is C15H12FN3O2. The van der Waals surface area contributed by atoms with Crippen molar-refractivity contribution in [3.63, 3.8) is 0 Å². The number of carboxylic acids is 1. The fraction of sp³-hybridized carbons (Fsp3) is 0.133. The van der Waals surface area contributed by atoms with Crippen molar-refractivity contribution < 1.29 is 14.3 Å². The monoisotopic (exact) mass is 285 g/mol. The number of aryl methyl sites for hydroxylation is 1. The maximum absolute atomic E-state index is 13.4. The summed E-state index contributed by atoms with van der Waals surface area (Å²) in [5.41, 5.74) is 2.15. The van der Waals surface area contributed by atoms with Crippen molar-refractivity contribution in [3.8, 4) is 11.3 Å². The number of hydrogen-bond acceptors (Lipinski definition) is 3. The number of aromatic nitrogens is 3. The summed E-state index contributed by atoms with van der Waals surface area (Å²) >= 11 is 0. The number of carboxylic acid groups (broad SMARTS) is 1. The molecule has 0 amide bonds.